The molecule has 0 saturated heterocycles. The van der Waals surface area contributed by atoms with E-state index in [-0.39, 0.29) is 15.7 Å². The van der Waals surface area contributed by atoms with Gasteiger partial charge in [0, 0.05) is 30.1 Å². The minimum absolute atomic E-state index is 0.0145. The molecule has 4 N–H and O–H groups in total. The molecule has 0 radical (unpaired) electrons. The van der Waals surface area contributed by atoms with E-state index in [2.05, 4.69) is 44.3 Å². The van der Waals surface area contributed by atoms with Crippen LogP contribution in [0.5, 0.6) is 0 Å². The molecule has 1 fully saturated rings. The maximum Gasteiger partial charge on any atom is 0.264 e. The molecule has 2 aromatic heterocycles. The van der Waals surface area contributed by atoms with Crippen LogP contribution in [0.25, 0.3) is 10.9 Å². The van der Waals surface area contributed by atoms with Gasteiger partial charge in [0.2, 0.25) is 5.95 Å². The number of hydrogen-bond donors (Lipinski definition) is 3. The molecule has 11 heteroatoms. The number of nitrogens with one attached hydrogen (secondary N) is 2. The fraction of sp³-hybridized carbons (Fsp3) is 0.333. The van der Waals surface area contributed by atoms with E-state index in [9.17, 15) is 8.42 Å². The average molecular weight is 552 g/mol. The van der Waals surface area contributed by atoms with Crippen molar-refractivity contribution < 1.29 is 8.42 Å². The highest BCUT2D eigenvalue weighted by molar-refractivity contribution is 7.92. The lowest BCUT2D eigenvalue weighted by Crippen LogP contribution is -2.33. The zero-order valence-corrected chi connectivity index (χ0v) is 22.6. The Morgan fingerprint density at radius 2 is 1.84 bits per heavy atom. The lowest BCUT2D eigenvalue weighted by Gasteiger charge is -2.26. The number of rotatable bonds is 8. The van der Waals surface area contributed by atoms with Gasteiger partial charge in [-0.2, -0.15) is 5.10 Å². The third-order valence-corrected chi connectivity index (χ3v) is 8.63. The molecule has 38 heavy (non-hydrogen) atoms. The second kappa shape index (κ2) is 11.2. The fourth-order valence-electron chi connectivity index (χ4n) is 4.75. The van der Waals surface area contributed by atoms with Crippen LogP contribution in [0.4, 0.5) is 11.8 Å². The van der Waals surface area contributed by atoms with Crippen LogP contribution < -0.4 is 15.8 Å². The highest BCUT2D eigenvalue weighted by atomic mass is 35.5. The third kappa shape index (κ3) is 6.03. The lowest BCUT2D eigenvalue weighted by molar-refractivity contribution is 0.410. The van der Waals surface area contributed by atoms with E-state index in [1.54, 1.807) is 24.3 Å². The van der Waals surface area contributed by atoms with Crippen molar-refractivity contribution in [3.8, 4) is 0 Å². The molecule has 2 aromatic carbocycles. The van der Waals surface area contributed by atoms with Crippen molar-refractivity contribution in [2.45, 2.75) is 62.4 Å². The number of halogens is 1. The first-order valence-electron chi connectivity index (χ1n) is 12.7. The van der Waals surface area contributed by atoms with E-state index in [1.807, 2.05) is 6.20 Å². The molecule has 0 bridgehead atoms. The van der Waals surface area contributed by atoms with Gasteiger partial charge in [-0.05, 0) is 73.6 Å². The number of sulfonamides is 1. The van der Waals surface area contributed by atoms with Crippen molar-refractivity contribution in [2.75, 3.05) is 10.0 Å². The Kier molecular flexibility index (Phi) is 7.73. The molecular formula is C27H30ClN7O2S. The van der Waals surface area contributed by atoms with Gasteiger partial charge in [0.15, 0.2) is 5.82 Å². The van der Waals surface area contributed by atoms with Crippen molar-refractivity contribution in [1.82, 2.24) is 20.2 Å². The van der Waals surface area contributed by atoms with E-state index < -0.39 is 10.0 Å². The molecule has 1 saturated carbocycles. The van der Waals surface area contributed by atoms with Crippen molar-refractivity contribution in [3.05, 3.63) is 76.6 Å². The number of nitrogens with zero attached hydrogens (tertiary/aromatic N) is 4. The summed E-state index contributed by atoms with van der Waals surface area (Å²) in [6, 6.07) is 14.4. The number of benzene rings is 2. The highest BCUT2D eigenvalue weighted by Crippen LogP contribution is 2.25. The molecule has 198 valence electrons. The van der Waals surface area contributed by atoms with Gasteiger partial charge in [0.05, 0.1) is 16.2 Å². The van der Waals surface area contributed by atoms with Gasteiger partial charge in [-0.3, -0.25) is 4.72 Å². The summed E-state index contributed by atoms with van der Waals surface area (Å²) in [6.45, 7) is 2.11. The first-order valence-corrected chi connectivity index (χ1v) is 14.6. The number of fused-ring (bicyclic) bond motifs is 1. The van der Waals surface area contributed by atoms with Gasteiger partial charge in [0.25, 0.3) is 10.0 Å². The summed E-state index contributed by atoms with van der Waals surface area (Å²) >= 11 is 6.04. The first kappa shape index (κ1) is 26.3. The quantitative estimate of drug-likeness (QED) is 0.286. The van der Waals surface area contributed by atoms with E-state index in [4.69, 9.17) is 22.3 Å². The van der Waals surface area contributed by atoms with Crippen LogP contribution in [0.2, 0.25) is 5.02 Å². The van der Waals surface area contributed by atoms with Gasteiger partial charge in [0.1, 0.15) is 4.90 Å². The monoisotopic (exact) mass is 551 g/mol. The standard InChI is InChI=1S/C27H30ClN7O2S/c1-2-18-13-17(14-19-16-30-27(32-26(18)19)31-21-9-7-20(29)8-10-21)15-22-11-12-25(34-33-22)35-38(36,37)24-6-4-3-5-23(24)28/h3-6,11-14,16,20-21H,2,7-10,15,29H2,1H3,(H,34,35)(H,30,31,32). The van der Waals surface area contributed by atoms with E-state index in [1.165, 1.54) is 12.1 Å². The smallest absolute Gasteiger partial charge is 0.264 e. The normalized spacial score (nSPS) is 17.9. The zero-order chi connectivity index (χ0) is 26.7. The van der Waals surface area contributed by atoms with Crippen LogP contribution in [0, 0.1) is 0 Å². The number of hydrogen-bond acceptors (Lipinski definition) is 8. The topological polar surface area (TPSA) is 136 Å². The van der Waals surface area contributed by atoms with Gasteiger partial charge < -0.3 is 11.1 Å². The molecule has 1 aliphatic carbocycles. The largest absolute Gasteiger partial charge is 0.351 e. The molecule has 9 nitrogen and oxygen atoms in total. The molecule has 1 aliphatic rings. The molecule has 0 spiro atoms. The lowest BCUT2D eigenvalue weighted by atomic mass is 9.92. The molecule has 5 rings (SSSR count). The summed E-state index contributed by atoms with van der Waals surface area (Å²) in [5.41, 5.74) is 9.87. The fourth-order valence-corrected chi connectivity index (χ4v) is 6.26. The van der Waals surface area contributed by atoms with E-state index >= 15 is 0 Å². The Balaban J connectivity index is 1.30. The summed E-state index contributed by atoms with van der Waals surface area (Å²) in [5.74, 6) is 0.774. The third-order valence-electron chi connectivity index (χ3n) is 6.78. The Bertz CT molecular complexity index is 1540. The maximum atomic E-state index is 12.7. The number of aryl methyl sites for hydroxylation is 1. The Morgan fingerprint density at radius 1 is 1.05 bits per heavy atom. The Morgan fingerprint density at radius 3 is 2.55 bits per heavy atom. The Labute approximate surface area is 227 Å². The summed E-state index contributed by atoms with van der Waals surface area (Å²) in [5, 5.41) is 12.9. The van der Waals surface area contributed by atoms with Crippen LogP contribution in [0.3, 0.4) is 0 Å². The maximum absolute atomic E-state index is 12.7. The minimum Gasteiger partial charge on any atom is -0.351 e. The van der Waals surface area contributed by atoms with Crippen molar-refractivity contribution in [1.29, 1.82) is 0 Å². The SMILES string of the molecule is CCc1cc(Cc2ccc(NS(=O)(=O)c3ccccc3Cl)nn2)cc2cnc(NC3CCC(N)CC3)nc12. The summed E-state index contributed by atoms with van der Waals surface area (Å²) in [7, 11) is -3.87. The Hall–Kier alpha value is -3.34. The second-order valence-electron chi connectivity index (χ2n) is 9.62. The van der Waals surface area contributed by atoms with E-state index in [0.717, 1.165) is 54.1 Å². The summed E-state index contributed by atoms with van der Waals surface area (Å²) < 4.78 is 27.7. The molecule has 0 amide bonds. The minimum atomic E-state index is -3.87. The van der Waals surface area contributed by atoms with Crippen LogP contribution in [-0.4, -0.2) is 40.7 Å². The molecule has 2 heterocycles. The van der Waals surface area contributed by atoms with Gasteiger partial charge in [-0.15, -0.1) is 5.10 Å². The summed E-state index contributed by atoms with van der Waals surface area (Å²) in [4.78, 5) is 9.38. The number of aromatic nitrogens is 4. The summed E-state index contributed by atoms with van der Waals surface area (Å²) in [6.07, 6.45) is 7.33. The van der Waals surface area contributed by atoms with Gasteiger partial charge in [-0.25, -0.2) is 18.4 Å². The first-order chi connectivity index (χ1) is 18.3. The van der Waals surface area contributed by atoms with Crippen molar-refractivity contribution in [3.63, 3.8) is 0 Å². The average Bonchev–Trinajstić information content (AvgIpc) is 2.91. The van der Waals surface area contributed by atoms with Crippen LogP contribution in [-0.2, 0) is 22.9 Å². The predicted molar refractivity (Wildman–Crippen MR) is 150 cm³/mol. The number of anilines is 2. The van der Waals surface area contributed by atoms with Gasteiger partial charge >= 0.3 is 0 Å². The number of nitrogens with two attached hydrogens (primary N) is 1. The van der Waals surface area contributed by atoms with Crippen LogP contribution in [0.1, 0.15) is 49.4 Å². The van der Waals surface area contributed by atoms with Crippen molar-refractivity contribution in [2.24, 2.45) is 5.73 Å². The molecule has 0 aliphatic heterocycles. The zero-order valence-electron chi connectivity index (χ0n) is 21.1. The van der Waals surface area contributed by atoms with Crippen LogP contribution >= 0.6 is 11.6 Å². The predicted octanol–water partition coefficient (Wildman–Crippen LogP) is 4.71. The highest BCUT2D eigenvalue weighted by Gasteiger charge is 2.20. The van der Waals surface area contributed by atoms with Gasteiger partial charge in [-0.1, -0.05) is 36.7 Å². The molecule has 4 aromatic rings. The second-order valence-corrected chi connectivity index (χ2v) is 11.7. The van der Waals surface area contributed by atoms with E-state index in [0.29, 0.717) is 30.1 Å². The molecule has 0 atom stereocenters. The molecule has 0 unspecified atom stereocenters. The van der Waals surface area contributed by atoms with Crippen molar-refractivity contribution >= 4 is 44.3 Å². The van der Waals surface area contributed by atoms with Crippen LogP contribution in [0.15, 0.2) is 59.6 Å². The molecular weight excluding hydrogens is 522 g/mol.